The first-order valence-corrected chi connectivity index (χ1v) is 6.97. The predicted octanol–water partition coefficient (Wildman–Crippen LogP) is 2.16. The number of rotatable bonds is 5. The lowest BCUT2D eigenvalue weighted by atomic mass is 9.77. The smallest absolute Gasteiger partial charge is 0.329 e. The number of nitrogens with one attached hydrogen (secondary N) is 2. The highest BCUT2D eigenvalue weighted by Gasteiger charge is 2.45. The van der Waals surface area contributed by atoms with Crippen LogP contribution in [-0.2, 0) is 11.3 Å². The Kier molecular flexibility index (Phi) is 4.57. The Morgan fingerprint density at radius 2 is 2.14 bits per heavy atom. The van der Waals surface area contributed by atoms with Gasteiger partial charge in [-0.25, -0.2) is 9.59 Å². The van der Waals surface area contributed by atoms with Gasteiger partial charge in [-0.2, -0.15) is 0 Å². The molecule has 1 fully saturated rings. The van der Waals surface area contributed by atoms with Gasteiger partial charge in [-0.1, -0.05) is 17.7 Å². The van der Waals surface area contributed by atoms with E-state index in [1.807, 2.05) is 0 Å². The van der Waals surface area contributed by atoms with E-state index in [-0.39, 0.29) is 6.54 Å². The summed E-state index contributed by atoms with van der Waals surface area (Å²) in [5, 5.41) is 14.8. The quantitative estimate of drug-likeness (QED) is 0.777. The zero-order valence-electron chi connectivity index (χ0n) is 11.6. The van der Waals surface area contributed by atoms with Gasteiger partial charge < -0.3 is 20.5 Å². The Morgan fingerprint density at radius 3 is 2.67 bits per heavy atom. The first-order valence-electron chi connectivity index (χ1n) is 6.59. The monoisotopic (exact) mass is 312 g/mol. The van der Waals surface area contributed by atoms with Crippen molar-refractivity contribution in [3.05, 3.63) is 28.8 Å². The van der Waals surface area contributed by atoms with Crippen LogP contribution in [0.15, 0.2) is 18.2 Å². The molecule has 1 aromatic carbocycles. The van der Waals surface area contributed by atoms with Gasteiger partial charge in [0.05, 0.1) is 7.11 Å². The maximum atomic E-state index is 11.9. The number of carbonyl (C=O) groups is 2. The number of hydrogen-bond acceptors (Lipinski definition) is 3. The molecule has 3 N–H and O–H groups in total. The maximum Gasteiger partial charge on any atom is 0.329 e. The van der Waals surface area contributed by atoms with Crippen molar-refractivity contribution in [1.82, 2.24) is 10.6 Å². The molecule has 0 unspecified atom stereocenters. The second-order valence-electron chi connectivity index (χ2n) is 4.97. The van der Waals surface area contributed by atoms with Crippen molar-refractivity contribution >= 4 is 23.6 Å². The van der Waals surface area contributed by atoms with Gasteiger partial charge in [-0.15, -0.1) is 0 Å². The summed E-state index contributed by atoms with van der Waals surface area (Å²) in [5.74, 6) is -0.432. The number of methoxy groups -OCH3 is 1. The van der Waals surface area contributed by atoms with Crippen molar-refractivity contribution in [2.24, 2.45) is 0 Å². The van der Waals surface area contributed by atoms with Crippen LogP contribution in [0.5, 0.6) is 5.75 Å². The number of carboxylic acid groups (broad SMARTS) is 1. The Morgan fingerprint density at radius 1 is 1.43 bits per heavy atom. The molecule has 1 aromatic rings. The molecule has 1 saturated carbocycles. The molecule has 0 aromatic heterocycles. The van der Waals surface area contributed by atoms with Crippen molar-refractivity contribution in [2.75, 3.05) is 7.11 Å². The minimum absolute atomic E-state index is 0.157. The van der Waals surface area contributed by atoms with Crippen molar-refractivity contribution in [3.63, 3.8) is 0 Å². The van der Waals surface area contributed by atoms with E-state index in [9.17, 15) is 9.59 Å². The molecule has 2 rings (SSSR count). The Balaban J connectivity index is 1.97. The fourth-order valence-corrected chi connectivity index (χ4v) is 2.49. The van der Waals surface area contributed by atoms with Crippen molar-refractivity contribution in [2.45, 2.75) is 31.3 Å². The first kappa shape index (κ1) is 15.4. The number of amides is 2. The van der Waals surface area contributed by atoms with Gasteiger partial charge in [0.15, 0.2) is 0 Å². The van der Waals surface area contributed by atoms with E-state index in [1.165, 1.54) is 7.11 Å². The second kappa shape index (κ2) is 6.22. The van der Waals surface area contributed by atoms with Crippen LogP contribution in [0, 0.1) is 0 Å². The van der Waals surface area contributed by atoms with E-state index < -0.39 is 17.5 Å². The topological polar surface area (TPSA) is 87.7 Å². The van der Waals surface area contributed by atoms with Gasteiger partial charge in [-0.3, -0.25) is 0 Å². The number of urea groups is 1. The van der Waals surface area contributed by atoms with Crippen LogP contribution in [0.2, 0.25) is 5.02 Å². The first-order chi connectivity index (χ1) is 9.98. The third kappa shape index (κ3) is 3.21. The largest absolute Gasteiger partial charge is 0.496 e. The number of halogens is 1. The van der Waals surface area contributed by atoms with Crippen molar-refractivity contribution in [1.29, 1.82) is 0 Å². The van der Waals surface area contributed by atoms with Crippen LogP contribution in [0.3, 0.4) is 0 Å². The lowest BCUT2D eigenvalue weighted by molar-refractivity contribution is -0.148. The fourth-order valence-electron chi connectivity index (χ4n) is 2.25. The van der Waals surface area contributed by atoms with E-state index in [0.717, 1.165) is 6.42 Å². The summed E-state index contributed by atoms with van der Waals surface area (Å²) in [6.07, 6.45) is 1.70. The maximum absolute atomic E-state index is 11.9. The molecule has 114 valence electrons. The van der Waals surface area contributed by atoms with Gasteiger partial charge in [0.25, 0.3) is 0 Å². The van der Waals surface area contributed by atoms with E-state index in [0.29, 0.717) is 29.2 Å². The lowest BCUT2D eigenvalue weighted by Crippen LogP contribution is -2.61. The minimum atomic E-state index is -1.13. The summed E-state index contributed by atoms with van der Waals surface area (Å²) >= 11 is 6.07. The molecule has 0 radical (unpaired) electrons. The third-order valence-corrected chi connectivity index (χ3v) is 4.04. The molecule has 0 spiro atoms. The van der Waals surface area contributed by atoms with Gasteiger partial charge >= 0.3 is 12.0 Å². The fraction of sp³-hybridized carbons (Fsp3) is 0.429. The van der Waals surface area contributed by atoms with Gasteiger partial charge in [0.1, 0.15) is 11.3 Å². The van der Waals surface area contributed by atoms with Crippen molar-refractivity contribution < 1.29 is 19.4 Å². The van der Waals surface area contributed by atoms with E-state index in [4.69, 9.17) is 21.4 Å². The number of ether oxygens (including phenoxy) is 1. The number of hydrogen-bond donors (Lipinski definition) is 3. The molecule has 7 heteroatoms. The minimum Gasteiger partial charge on any atom is -0.496 e. The normalized spacial score (nSPS) is 15.7. The second-order valence-corrected chi connectivity index (χ2v) is 5.38. The van der Waals surface area contributed by atoms with Crippen LogP contribution >= 0.6 is 11.6 Å². The molecule has 0 bridgehead atoms. The van der Waals surface area contributed by atoms with Gasteiger partial charge in [-0.05, 0) is 31.4 Å². The predicted molar refractivity (Wildman–Crippen MR) is 77.6 cm³/mol. The summed E-state index contributed by atoms with van der Waals surface area (Å²) < 4.78 is 5.18. The van der Waals surface area contributed by atoms with E-state index in [1.54, 1.807) is 18.2 Å². The molecular weight excluding hydrogens is 296 g/mol. The Labute approximate surface area is 127 Å². The molecule has 0 saturated heterocycles. The highest BCUT2D eigenvalue weighted by Crippen LogP contribution is 2.32. The van der Waals surface area contributed by atoms with E-state index >= 15 is 0 Å². The molecular formula is C14H17ClN2O4. The zero-order chi connectivity index (χ0) is 15.5. The molecule has 2 amide bonds. The zero-order valence-corrected chi connectivity index (χ0v) is 12.4. The number of carbonyl (C=O) groups excluding carboxylic acids is 1. The molecule has 6 nitrogen and oxygen atoms in total. The standard InChI is InChI=1S/C14H17ClN2O4/c1-21-11-5-2-4-10(15)9(11)8-16-13(20)17-14(12(18)19)6-3-7-14/h2,4-5H,3,6-8H2,1H3,(H,18,19)(H2,16,17,20). The summed E-state index contributed by atoms with van der Waals surface area (Å²) in [5.41, 5.74) is -0.482. The van der Waals surface area contributed by atoms with Gasteiger partial charge in [0, 0.05) is 17.1 Å². The number of aliphatic carboxylic acids is 1. The molecule has 1 aliphatic carbocycles. The Hall–Kier alpha value is -1.95. The summed E-state index contributed by atoms with van der Waals surface area (Å²) in [6, 6.07) is 4.66. The van der Waals surface area contributed by atoms with Crippen LogP contribution in [-0.4, -0.2) is 29.8 Å². The lowest BCUT2D eigenvalue weighted by Gasteiger charge is -2.38. The molecule has 1 aliphatic rings. The number of benzene rings is 1. The average molecular weight is 313 g/mol. The summed E-state index contributed by atoms with van der Waals surface area (Å²) in [6.45, 7) is 0.157. The molecule has 0 atom stereocenters. The van der Waals surface area contributed by atoms with Gasteiger partial charge in [0.2, 0.25) is 0 Å². The summed E-state index contributed by atoms with van der Waals surface area (Å²) in [4.78, 5) is 23.1. The van der Waals surface area contributed by atoms with Crippen LogP contribution in [0.1, 0.15) is 24.8 Å². The van der Waals surface area contributed by atoms with Crippen LogP contribution in [0.25, 0.3) is 0 Å². The third-order valence-electron chi connectivity index (χ3n) is 3.69. The van der Waals surface area contributed by atoms with Crippen molar-refractivity contribution in [3.8, 4) is 5.75 Å². The molecule has 0 aliphatic heterocycles. The Bertz CT molecular complexity index is 558. The van der Waals surface area contributed by atoms with Crippen LogP contribution < -0.4 is 15.4 Å². The SMILES string of the molecule is COc1cccc(Cl)c1CNC(=O)NC1(C(=O)O)CCC1. The average Bonchev–Trinajstić information content (AvgIpc) is 2.40. The van der Waals surface area contributed by atoms with E-state index in [2.05, 4.69) is 10.6 Å². The highest BCUT2D eigenvalue weighted by atomic mass is 35.5. The van der Waals surface area contributed by atoms with Crippen LogP contribution in [0.4, 0.5) is 4.79 Å². The summed E-state index contributed by atoms with van der Waals surface area (Å²) in [7, 11) is 1.52. The molecule has 21 heavy (non-hydrogen) atoms. The number of carboxylic acids is 1. The molecule has 0 heterocycles. The highest BCUT2D eigenvalue weighted by molar-refractivity contribution is 6.31.